The fourth-order valence-electron chi connectivity index (χ4n) is 5.30. The first-order valence-corrected chi connectivity index (χ1v) is 11.6. The van der Waals surface area contributed by atoms with Crippen molar-refractivity contribution in [3.8, 4) is 11.3 Å². The zero-order chi connectivity index (χ0) is 21.3. The third kappa shape index (κ3) is 3.11. The molecule has 6 nitrogen and oxygen atoms in total. The molecule has 2 aliphatic heterocycles. The number of piperidine rings is 1. The lowest BCUT2D eigenvalue weighted by Crippen LogP contribution is -2.47. The molecule has 0 amide bonds. The van der Waals surface area contributed by atoms with Gasteiger partial charge in [0.25, 0.3) is 0 Å². The molecule has 2 aliphatic rings. The minimum atomic E-state index is -0.339. The van der Waals surface area contributed by atoms with Crippen molar-refractivity contribution in [3.63, 3.8) is 0 Å². The molecule has 6 heterocycles. The van der Waals surface area contributed by atoms with Gasteiger partial charge in [-0.05, 0) is 51.8 Å². The molecule has 160 valence electrons. The Hall–Kier alpha value is -2.58. The number of hydrogen-bond donors (Lipinski definition) is 0. The molecule has 0 aromatic carbocycles. The van der Waals surface area contributed by atoms with E-state index in [2.05, 4.69) is 33.9 Å². The summed E-state index contributed by atoms with van der Waals surface area (Å²) in [5.41, 5.74) is 3.51. The normalized spacial score (nSPS) is 23.8. The van der Waals surface area contributed by atoms with Gasteiger partial charge in [0.15, 0.2) is 16.6 Å². The Labute approximate surface area is 184 Å². The maximum atomic E-state index is 14.5. The fourth-order valence-corrected chi connectivity index (χ4v) is 6.31. The van der Waals surface area contributed by atoms with E-state index in [1.165, 1.54) is 31.7 Å². The summed E-state index contributed by atoms with van der Waals surface area (Å²) in [5, 5.41) is 1.04. The van der Waals surface area contributed by atoms with Gasteiger partial charge >= 0.3 is 0 Å². The molecule has 2 bridgehead atoms. The summed E-state index contributed by atoms with van der Waals surface area (Å²) in [4.78, 5) is 18.6. The molecule has 2 saturated heterocycles. The van der Waals surface area contributed by atoms with Gasteiger partial charge < -0.3 is 14.2 Å². The topological polar surface area (TPSA) is 49.6 Å². The van der Waals surface area contributed by atoms with Crippen LogP contribution in [-0.4, -0.2) is 56.5 Å². The van der Waals surface area contributed by atoms with E-state index in [-0.39, 0.29) is 5.82 Å². The number of halogens is 1. The van der Waals surface area contributed by atoms with Crippen molar-refractivity contribution in [3.05, 3.63) is 42.2 Å². The van der Waals surface area contributed by atoms with Crippen molar-refractivity contribution in [1.82, 2.24) is 24.3 Å². The number of aryl methyl sites for hydroxylation is 1. The third-order valence-electron chi connectivity index (χ3n) is 7.11. The average Bonchev–Trinajstić information content (AvgIpc) is 3.39. The predicted molar refractivity (Wildman–Crippen MR) is 122 cm³/mol. The molecule has 2 atom stereocenters. The molecule has 0 radical (unpaired) electrons. The van der Waals surface area contributed by atoms with E-state index in [4.69, 9.17) is 4.98 Å². The zero-order valence-electron chi connectivity index (χ0n) is 17.9. The van der Waals surface area contributed by atoms with Crippen molar-refractivity contribution < 1.29 is 4.39 Å². The van der Waals surface area contributed by atoms with Crippen LogP contribution in [0, 0.1) is 12.7 Å². The van der Waals surface area contributed by atoms with Gasteiger partial charge in [0.2, 0.25) is 0 Å². The molecule has 0 N–H and O–H groups in total. The van der Waals surface area contributed by atoms with Gasteiger partial charge in [-0.2, -0.15) is 0 Å². The minimum Gasteiger partial charge on any atom is -0.348 e. The lowest BCUT2D eigenvalue weighted by molar-refractivity contribution is 0.161. The number of pyridine rings is 2. The molecule has 4 aromatic rings. The second-order valence-corrected chi connectivity index (χ2v) is 10.0. The standard InChI is InChI=1S/C23H25FN6S/c1-13-11-30-12-14(6-18(24)22(30)26-13)19-9-21-20(10-25-19)27-23(31-21)29(3)17-7-15-4-5-16(8-17)28(15)2/h6,9-12,15-17H,4-5,7-8H2,1-3H3. The molecule has 4 aromatic heterocycles. The van der Waals surface area contributed by atoms with E-state index in [9.17, 15) is 4.39 Å². The van der Waals surface area contributed by atoms with Crippen LogP contribution >= 0.6 is 11.3 Å². The highest BCUT2D eigenvalue weighted by atomic mass is 32.1. The van der Waals surface area contributed by atoms with Gasteiger partial charge in [0, 0.05) is 43.1 Å². The van der Waals surface area contributed by atoms with Crippen LogP contribution in [0.4, 0.5) is 9.52 Å². The maximum absolute atomic E-state index is 14.5. The Balaban J connectivity index is 1.32. The number of anilines is 1. The molecule has 0 aliphatic carbocycles. The van der Waals surface area contributed by atoms with Crippen LogP contribution in [0.15, 0.2) is 30.7 Å². The number of aromatic nitrogens is 4. The molecule has 0 saturated carbocycles. The second kappa shape index (κ2) is 6.97. The van der Waals surface area contributed by atoms with Crippen molar-refractivity contribution in [2.24, 2.45) is 0 Å². The second-order valence-electron chi connectivity index (χ2n) is 9.01. The monoisotopic (exact) mass is 436 g/mol. The smallest absolute Gasteiger partial charge is 0.186 e. The molecular formula is C23H25FN6S. The van der Waals surface area contributed by atoms with E-state index in [0.717, 1.165) is 32.3 Å². The lowest BCUT2D eigenvalue weighted by Gasteiger charge is -2.40. The van der Waals surface area contributed by atoms with E-state index in [0.29, 0.717) is 23.8 Å². The van der Waals surface area contributed by atoms with Gasteiger partial charge in [0.1, 0.15) is 5.52 Å². The number of nitrogens with zero attached hydrogens (tertiary/aromatic N) is 6. The van der Waals surface area contributed by atoms with Crippen LogP contribution in [0.3, 0.4) is 0 Å². The van der Waals surface area contributed by atoms with Crippen LogP contribution in [0.25, 0.3) is 27.1 Å². The largest absolute Gasteiger partial charge is 0.348 e. The van der Waals surface area contributed by atoms with Crippen LogP contribution in [0.2, 0.25) is 0 Å². The molecule has 2 fully saturated rings. The van der Waals surface area contributed by atoms with Gasteiger partial charge in [-0.1, -0.05) is 11.3 Å². The molecule has 0 spiro atoms. The number of fused-ring (bicyclic) bond motifs is 4. The minimum absolute atomic E-state index is 0.339. The Morgan fingerprint density at radius 3 is 2.68 bits per heavy atom. The number of hydrogen-bond acceptors (Lipinski definition) is 6. The number of imidazole rings is 1. The first-order valence-electron chi connectivity index (χ1n) is 10.8. The van der Waals surface area contributed by atoms with E-state index < -0.39 is 0 Å². The summed E-state index contributed by atoms with van der Waals surface area (Å²) < 4.78 is 17.3. The van der Waals surface area contributed by atoms with Crippen molar-refractivity contribution in [1.29, 1.82) is 0 Å². The zero-order valence-corrected chi connectivity index (χ0v) is 18.7. The summed E-state index contributed by atoms with van der Waals surface area (Å²) in [7, 11) is 4.45. The predicted octanol–water partition coefficient (Wildman–Crippen LogP) is 4.51. The van der Waals surface area contributed by atoms with Gasteiger partial charge in [-0.3, -0.25) is 4.98 Å². The van der Waals surface area contributed by atoms with Crippen molar-refractivity contribution >= 4 is 32.3 Å². The van der Waals surface area contributed by atoms with Crippen LogP contribution < -0.4 is 4.90 Å². The van der Waals surface area contributed by atoms with Crippen LogP contribution in [0.1, 0.15) is 31.4 Å². The fraction of sp³-hybridized carbons (Fsp3) is 0.435. The Morgan fingerprint density at radius 1 is 1.13 bits per heavy atom. The molecule has 8 heteroatoms. The summed E-state index contributed by atoms with van der Waals surface area (Å²) in [6, 6.07) is 5.46. The van der Waals surface area contributed by atoms with Crippen LogP contribution in [0.5, 0.6) is 0 Å². The van der Waals surface area contributed by atoms with E-state index >= 15 is 0 Å². The molecule has 31 heavy (non-hydrogen) atoms. The highest BCUT2D eigenvalue weighted by molar-refractivity contribution is 7.22. The molecular weight excluding hydrogens is 411 g/mol. The van der Waals surface area contributed by atoms with E-state index in [1.54, 1.807) is 21.9 Å². The van der Waals surface area contributed by atoms with Gasteiger partial charge in [-0.15, -0.1) is 0 Å². The average molecular weight is 437 g/mol. The summed E-state index contributed by atoms with van der Waals surface area (Å²) in [5.74, 6) is -0.339. The molecule has 2 unspecified atom stereocenters. The Morgan fingerprint density at radius 2 is 1.90 bits per heavy atom. The SMILES string of the molecule is Cc1cn2cc(-c3cc4sc(N(C)C5CC6CCC(C5)N6C)nc4cn3)cc(F)c2n1. The lowest BCUT2D eigenvalue weighted by atomic mass is 9.97. The highest BCUT2D eigenvalue weighted by Crippen LogP contribution is 2.39. The van der Waals surface area contributed by atoms with Crippen molar-refractivity contribution in [2.45, 2.75) is 50.7 Å². The summed E-state index contributed by atoms with van der Waals surface area (Å²) in [6.07, 6.45) is 10.5. The highest BCUT2D eigenvalue weighted by Gasteiger charge is 2.40. The Bertz CT molecular complexity index is 1280. The van der Waals surface area contributed by atoms with Crippen LogP contribution in [-0.2, 0) is 0 Å². The van der Waals surface area contributed by atoms with Gasteiger partial charge in [0.05, 0.1) is 22.3 Å². The van der Waals surface area contributed by atoms with E-state index in [1.807, 2.05) is 25.4 Å². The Kier molecular flexibility index (Phi) is 4.30. The molecule has 6 rings (SSSR count). The maximum Gasteiger partial charge on any atom is 0.186 e. The van der Waals surface area contributed by atoms with Crippen molar-refractivity contribution in [2.75, 3.05) is 19.0 Å². The quantitative estimate of drug-likeness (QED) is 0.473. The summed E-state index contributed by atoms with van der Waals surface area (Å²) >= 11 is 1.69. The summed E-state index contributed by atoms with van der Waals surface area (Å²) in [6.45, 7) is 1.86. The van der Waals surface area contributed by atoms with Gasteiger partial charge in [-0.25, -0.2) is 14.4 Å². The first kappa shape index (κ1) is 19.1. The third-order valence-corrected chi connectivity index (χ3v) is 8.22. The number of thiazole rings is 1. The first-order chi connectivity index (χ1) is 15.0. The number of rotatable bonds is 3.